The van der Waals surface area contributed by atoms with Gasteiger partial charge in [-0.1, -0.05) is 40.0 Å². The molecule has 2 unspecified atom stereocenters. The number of rotatable bonds is 3. The van der Waals surface area contributed by atoms with Crippen molar-refractivity contribution in [2.45, 2.75) is 71.4 Å². The van der Waals surface area contributed by atoms with Gasteiger partial charge in [0.25, 0.3) is 6.43 Å². The molecule has 1 heterocycles. The van der Waals surface area contributed by atoms with Crippen molar-refractivity contribution in [1.29, 1.82) is 0 Å². The third-order valence-electron chi connectivity index (χ3n) is 5.07. The van der Waals surface area contributed by atoms with E-state index in [-0.39, 0.29) is 12.0 Å². The van der Waals surface area contributed by atoms with E-state index in [4.69, 9.17) is 0 Å². The highest BCUT2D eigenvalue weighted by atomic mass is 19.3. The molecule has 0 amide bonds. The van der Waals surface area contributed by atoms with Crippen LogP contribution in [-0.2, 0) is 0 Å². The molecule has 2 rings (SSSR count). The topological polar surface area (TPSA) is 15.3 Å². The number of nitrogens with one attached hydrogen (secondary N) is 1. The number of hydrogen-bond acceptors (Lipinski definition) is 2. The van der Waals surface area contributed by atoms with Gasteiger partial charge < -0.3 is 5.32 Å². The molecule has 0 bridgehead atoms. The van der Waals surface area contributed by atoms with Crippen LogP contribution in [0.2, 0.25) is 0 Å². The molecule has 118 valence electrons. The van der Waals surface area contributed by atoms with Crippen molar-refractivity contribution in [3.8, 4) is 0 Å². The standard InChI is InChI=1S/C16H30F2N2/c1-16(2,3)14-10-20(11-15(17)18)13(9-19-14)12-7-5-4-6-8-12/h12-15,19H,4-11H2,1-3H3. The van der Waals surface area contributed by atoms with E-state index in [1.165, 1.54) is 32.1 Å². The Morgan fingerprint density at radius 1 is 1.15 bits per heavy atom. The lowest BCUT2D eigenvalue weighted by molar-refractivity contribution is 0.000730. The van der Waals surface area contributed by atoms with Gasteiger partial charge in [-0.2, -0.15) is 0 Å². The second kappa shape index (κ2) is 6.69. The fourth-order valence-electron chi connectivity index (χ4n) is 3.78. The fraction of sp³-hybridized carbons (Fsp3) is 1.00. The van der Waals surface area contributed by atoms with Gasteiger partial charge in [0.2, 0.25) is 0 Å². The molecule has 4 heteroatoms. The Hall–Kier alpha value is -0.220. The molecule has 0 aromatic carbocycles. The van der Waals surface area contributed by atoms with Gasteiger partial charge in [-0.15, -0.1) is 0 Å². The predicted octanol–water partition coefficient (Wildman–Crippen LogP) is 3.52. The Kier molecular flexibility index (Phi) is 5.41. The van der Waals surface area contributed by atoms with Gasteiger partial charge in [-0.3, -0.25) is 4.90 Å². The number of nitrogens with zero attached hydrogens (tertiary/aromatic N) is 1. The molecule has 1 aliphatic carbocycles. The van der Waals surface area contributed by atoms with E-state index in [2.05, 4.69) is 31.0 Å². The summed E-state index contributed by atoms with van der Waals surface area (Å²) < 4.78 is 25.8. The van der Waals surface area contributed by atoms with Crippen LogP contribution in [0.25, 0.3) is 0 Å². The number of hydrogen-bond donors (Lipinski definition) is 1. The summed E-state index contributed by atoms with van der Waals surface area (Å²) in [5.74, 6) is 0.607. The Morgan fingerprint density at radius 2 is 1.80 bits per heavy atom. The third kappa shape index (κ3) is 4.14. The molecule has 0 aromatic heterocycles. The maximum atomic E-state index is 12.9. The van der Waals surface area contributed by atoms with Crippen LogP contribution in [0.3, 0.4) is 0 Å². The number of alkyl halides is 2. The van der Waals surface area contributed by atoms with E-state index < -0.39 is 6.43 Å². The van der Waals surface area contributed by atoms with Crippen molar-refractivity contribution in [2.24, 2.45) is 11.3 Å². The summed E-state index contributed by atoms with van der Waals surface area (Å²) in [4.78, 5) is 2.08. The summed E-state index contributed by atoms with van der Waals surface area (Å²) in [5.41, 5.74) is 0.123. The summed E-state index contributed by atoms with van der Waals surface area (Å²) in [5, 5.41) is 3.62. The van der Waals surface area contributed by atoms with Crippen molar-refractivity contribution >= 4 is 0 Å². The van der Waals surface area contributed by atoms with Crippen LogP contribution in [0.5, 0.6) is 0 Å². The van der Waals surface area contributed by atoms with Crippen molar-refractivity contribution in [3.63, 3.8) is 0 Å². The van der Waals surface area contributed by atoms with Gasteiger partial charge in [-0.25, -0.2) is 8.78 Å². The molecular weight excluding hydrogens is 258 g/mol. The summed E-state index contributed by atoms with van der Waals surface area (Å²) in [6.45, 7) is 8.13. The summed E-state index contributed by atoms with van der Waals surface area (Å²) in [7, 11) is 0. The zero-order valence-corrected chi connectivity index (χ0v) is 13.2. The van der Waals surface area contributed by atoms with Crippen LogP contribution in [0.15, 0.2) is 0 Å². The van der Waals surface area contributed by atoms with Gasteiger partial charge in [0.05, 0.1) is 6.54 Å². The highest BCUT2D eigenvalue weighted by Crippen LogP contribution is 2.32. The SMILES string of the molecule is CC(C)(C)C1CN(CC(F)F)C(C2CCCCC2)CN1. The number of piperazine rings is 1. The third-order valence-corrected chi connectivity index (χ3v) is 5.07. The molecule has 1 N–H and O–H groups in total. The highest BCUT2D eigenvalue weighted by Gasteiger charge is 2.38. The summed E-state index contributed by atoms with van der Waals surface area (Å²) in [6.07, 6.45) is 4.06. The van der Waals surface area contributed by atoms with Gasteiger partial charge in [0.15, 0.2) is 0 Å². The second-order valence-corrected chi connectivity index (χ2v) is 7.64. The molecule has 0 aromatic rings. The average molecular weight is 288 g/mol. The van der Waals surface area contributed by atoms with Crippen LogP contribution in [0, 0.1) is 11.3 Å². The monoisotopic (exact) mass is 288 g/mol. The Labute approximate surface area is 122 Å². The first-order chi connectivity index (χ1) is 9.38. The van der Waals surface area contributed by atoms with E-state index in [9.17, 15) is 8.78 Å². The van der Waals surface area contributed by atoms with Crippen molar-refractivity contribution in [3.05, 3.63) is 0 Å². The minimum absolute atomic E-state index is 0.0601. The van der Waals surface area contributed by atoms with E-state index >= 15 is 0 Å². The molecule has 2 fully saturated rings. The Balaban J connectivity index is 2.03. The maximum absolute atomic E-state index is 12.9. The molecule has 2 aliphatic rings. The van der Waals surface area contributed by atoms with Crippen LogP contribution in [0.1, 0.15) is 52.9 Å². The Bertz CT molecular complexity index is 295. The molecule has 2 atom stereocenters. The van der Waals surface area contributed by atoms with Crippen LogP contribution >= 0.6 is 0 Å². The van der Waals surface area contributed by atoms with Crippen molar-refractivity contribution in [2.75, 3.05) is 19.6 Å². The first kappa shape index (κ1) is 16.2. The van der Waals surface area contributed by atoms with Crippen molar-refractivity contribution < 1.29 is 8.78 Å². The zero-order chi connectivity index (χ0) is 14.8. The smallest absolute Gasteiger partial charge is 0.251 e. The van der Waals surface area contributed by atoms with Crippen LogP contribution in [-0.4, -0.2) is 43.0 Å². The van der Waals surface area contributed by atoms with E-state index in [0.29, 0.717) is 18.0 Å². The largest absolute Gasteiger partial charge is 0.311 e. The number of halogens is 2. The van der Waals surface area contributed by atoms with Crippen molar-refractivity contribution in [1.82, 2.24) is 10.2 Å². The lowest BCUT2D eigenvalue weighted by Crippen LogP contribution is -2.63. The predicted molar refractivity (Wildman–Crippen MR) is 79.2 cm³/mol. The molecule has 1 aliphatic heterocycles. The normalized spacial score (nSPS) is 30.9. The highest BCUT2D eigenvalue weighted by molar-refractivity contribution is 4.95. The van der Waals surface area contributed by atoms with Gasteiger partial charge in [-0.05, 0) is 24.2 Å². The average Bonchev–Trinajstić information content (AvgIpc) is 2.38. The molecule has 0 radical (unpaired) electrons. The molecule has 2 nitrogen and oxygen atoms in total. The van der Waals surface area contributed by atoms with E-state index in [1.54, 1.807) is 0 Å². The lowest BCUT2D eigenvalue weighted by atomic mass is 9.79. The summed E-state index contributed by atoms with van der Waals surface area (Å²) >= 11 is 0. The molecule has 1 saturated carbocycles. The second-order valence-electron chi connectivity index (χ2n) is 7.64. The van der Waals surface area contributed by atoms with Gasteiger partial charge in [0, 0.05) is 25.2 Å². The van der Waals surface area contributed by atoms with E-state index in [1.807, 2.05) is 0 Å². The zero-order valence-electron chi connectivity index (χ0n) is 13.2. The first-order valence-corrected chi connectivity index (χ1v) is 8.13. The minimum Gasteiger partial charge on any atom is -0.311 e. The molecule has 1 saturated heterocycles. The van der Waals surface area contributed by atoms with Crippen LogP contribution in [0.4, 0.5) is 8.78 Å². The quantitative estimate of drug-likeness (QED) is 0.855. The minimum atomic E-state index is -2.22. The van der Waals surface area contributed by atoms with Crippen LogP contribution < -0.4 is 5.32 Å². The molecule has 20 heavy (non-hydrogen) atoms. The van der Waals surface area contributed by atoms with Gasteiger partial charge >= 0.3 is 0 Å². The molecular formula is C16H30F2N2. The maximum Gasteiger partial charge on any atom is 0.251 e. The summed E-state index contributed by atoms with van der Waals surface area (Å²) in [6, 6.07) is 0.615. The first-order valence-electron chi connectivity index (χ1n) is 8.13. The molecule has 0 spiro atoms. The van der Waals surface area contributed by atoms with E-state index in [0.717, 1.165) is 13.1 Å². The van der Waals surface area contributed by atoms with Gasteiger partial charge in [0.1, 0.15) is 0 Å². The fourth-order valence-corrected chi connectivity index (χ4v) is 3.78. The lowest BCUT2D eigenvalue weighted by Gasteiger charge is -2.48. The Morgan fingerprint density at radius 3 is 2.35 bits per heavy atom.